The first-order valence-corrected chi connectivity index (χ1v) is 9.78. The lowest BCUT2D eigenvalue weighted by Crippen LogP contribution is -2.25. The number of rotatable bonds is 9. The molecule has 1 N–H and O–H groups in total. The Bertz CT molecular complexity index is 857. The van der Waals surface area contributed by atoms with Gasteiger partial charge in [-0.1, -0.05) is 25.4 Å². The van der Waals surface area contributed by atoms with E-state index in [-0.39, 0.29) is 17.7 Å². The molecule has 0 aliphatic carbocycles. The predicted molar refractivity (Wildman–Crippen MR) is 109 cm³/mol. The van der Waals surface area contributed by atoms with Crippen molar-refractivity contribution in [2.45, 2.75) is 40.5 Å². The highest BCUT2D eigenvalue weighted by atomic mass is 35.5. The van der Waals surface area contributed by atoms with E-state index in [0.717, 1.165) is 25.9 Å². The molecule has 28 heavy (non-hydrogen) atoms. The zero-order valence-corrected chi connectivity index (χ0v) is 17.4. The number of halogens is 1. The van der Waals surface area contributed by atoms with Gasteiger partial charge in [0.15, 0.2) is 5.82 Å². The highest BCUT2D eigenvalue weighted by molar-refractivity contribution is 6.33. The van der Waals surface area contributed by atoms with E-state index in [0.29, 0.717) is 22.2 Å². The smallest absolute Gasteiger partial charge is 0.340 e. The number of aromatic carboxylic acids is 1. The Morgan fingerprint density at radius 3 is 2.39 bits per heavy atom. The number of benzene rings is 1. The van der Waals surface area contributed by atoms with Crippen LogP contribution < -0.4 is 4.90 Å². The third kappa shape index (κ3) is 4.47. The molecule has 0 unspecified atom stereocenters. The van der Waals surface area contributed by atoms with Gasteiger partial charge in [0.2, 0.25) is 0 Å². The van der Waals surface area contributed by atoms with E-state index in [9.17, 15) is 14.7 Å². The van der Waals surface area contributed by atoms with Crippen LogP contribution in [0.4, 0.5) is 5.82 Å². The fourth-order valence-corrected chi connectivity index (χ4v) is 3.23. The van der Waals surface area contributed by atoms with Gasteiger partial charge in [0.05, 0.1) is 29.1 Å². The van der Waals surface area contributed by atoms with Crippen LogP contribution in [0.3, 0.4) is 0 Å². The van der Waals surface area contributed by atoms with Crippen LogP contribution in [0.15, 0.2) is 18.2 Å². The van der Waals surface area contributed by atoms with E-state index in [4.69, 9.17) is 16.3 Å². The minimum atomic E-state index is -1.12. The summed E-state index contributed by atoms with van der Waals surface area (Å²) in [7, 11) is 0. The number of aromatic nitrogens is 2. The summed E-state index contributed by atoms with van der Waals surface area (Å²) in [5.41, 5.74) is 1.24. The van der Waals surface area contributed by atoms with E-state index in [1.54, 1.807) is 17.7 Å². The molecule has 0 saturated carbocycles. The standard InChI is InChI=1S/C20H26ClN3O4/c1-5-10-23(11-6-2)18-17(21)13(4)24(22-18)16-9-8-14(19(25)26)12-15(16)20(27)28-7-3/h8-9,12H,5-7,10-11H2,1-4H3,(H,25,26). The Labute approximate surface area is 169 Å². The van der Waals surface area contributed by atoms with Crippen molar-refractivity contribution >= 4 is 29.4 Å². The van der Waals surface area contributed by atoms with Gasteiger partial charge in [-0.15, -0.1) is 5.10 Å². The SMILES string of the molecule is CCCN(CCC)c1nn(-c2ccc(C(=O)O)cc2C(=O)OCC)c(C)c1Cl. The van der Waals surface area contributed by atoms with Gasteiger partial charge < -0.3 is 14.7 Å². The van der Waals surface area contributed by atoms with Crippen LogP contribution in [0.1, 0.15) is 60.0 Å². The van der Waals surface area contributed by atoms with Gasteiger partial charge in [-0.05, 0) is 44.9 Å². The highest BCUT2D eigenvalue weighted by Gasteiger charge is 2.23. The number of ether oxygens (including phenoxy) is 1. The predicted octanol–water partition coefficient (Wildman–Crippen LogP) is 4.34. The van der Waals surface area contributed by atoms with Crippen LogP contribution in [0, 0.1) is 6.92 Å². The highest BCUT2D eigenvalue weighted by Crippen LogP contribution is 2.31. The molecule has 2 aromatic rings. The first-order chi connectivity index (χ1) is 13.3. The van der Waals surface area contributed by atoms with Crippen molar-refractivity contribution in [2.24, 2.45) is 0 Å². The number of carbonyl (C=O) groups excluding carboxylic acids is 1. The molecule has 0 saturated heterocycles. The van der Waals surface area contributed by atoms with Gasteiger partial charge in [-0.2, -0.15) is 0 Å². The Morgan fingerprint density at radius 2 is 1.86 bits per heavy atom. The summed E-state index contributed by atoms with van der Waals surface area (Å²) < 4.78 is 6.69. The molecule has 0 radical (unpaired) electrons. The van der Waals surface area contributed by atoms with E-state index < -0.39 is 11.9 Å². The van der Waals surface area contributed by atoms with E-state index in [2.05, 4.69) is 23.8 Å². The van der Waals surface area contributed by atoms with Crippen LogP contribution in [0.25, 0.3) is 5.69 Å². The first-order valence-electron chi connectivity index (χ1n) is 9.40. The third-order valence-electron chi connectivity index (χ3n) is 4.28. The van der Waals surface area contributed by atoms with Crippen molar-refractivity contribution in [1.82, 2.24) is 9.78 Å². The van der Waals surface area contributed by atoms with Crippen LogP contribution in [-0.2, 0) is 4.74 Å². The Hall–Kier alpha value is -2.54. The fourth-order valence-electron chi connectivity index (χ4n) is 2.99. The van der Waals surface area contributed by atoms with E-state index >= 15 is 0 Å². The molecule has 0 amide bonds. The average Bonchev–Trinajstić information content (AvgIpc) is 2.96. The lowest BCUT2D eigenvalue weighted by molar-refractivity contribution is 0.0526. The molecule has 0 spiro atoms. The molecule has 1 aromatic carbocycles. The molecule has 0 aliphatic rings. The van der Waals surface area contributed by atoms with Crippen molar-refractivity contribution in [3.63, 3.8) is 0 Å². The number of carboxylic acids is 1. The fraction of sp³-hybridized carbons (Fsp3) is 0.450. The molecule has 7 nitrogen and oxygen atoms in total. The molecule has 0 atom stereocenters. The normalized spacial score (nSPS) is 10.8. The monoisotopic (exact) mass is 407 g/mol. The Balaban J connectivity index is 2.62. The quantitative estimate of drug-likeness (QED) is 0.622. The summed E-state index contributed by atoms with van der Waals surface area (Å²) >= 11 is 6.57. The average molecular weight is 408 g/mol. The molecule has 152 valence electrons. The maximum atomic E-state index is 12.5. The Kier molecular flexibility index (Phi) is 7.45. The van der Waals surface area contributed by atoms with Gasteiger partial charge in [0.1, 0.15) is 5.02 Å². The topological polar surface area (TPSA) is 84.7 Å². The van der Waals surface area contributed by atoms with Crippen molar-refractivity contribution < 1.29 is 19.4 Å². The molecule has 1 aromatic heterocycles. The second kappa shape index (κ2) is 9.59. The number of esters is 1. The van der Waals surface area contributed by atoms with E-state index in [1.807, 2.05) is 6.92 Å². The summed E-state index contributed by atoms with van der Waals surface area (Å²) in [4.78, 5) is 25.9. The molecule has 2 rings (SSSR count). The number of carbonyl (C=O) groups is 2. The minimum absolute atomic E-state index is 0.00141. The number of nitrogens with zero attached hydrogens (tertiary/aromatic N) is 3. The zero-order chi connectivity index (χ0) is 20.8. The molecule has 0 fully saturated rings. The molecule has 1 heterocycles. The summed E-state index contributed by atoms with van der Waals surface area (Å²) in [6.07, 6.45) is 1.90. The van der Waals surface area contributed by atoms with Gasteiger partial charge >= 0.3 is 11.9 Å². The van der Waals surface area contributed by atoms with Crippen LogP contribution in [0.2, 0.25) is 5.02 Å². The van der Waals surface area contributed by atoms with Crippen molar-refractivity contribution in [1.29, 1.82) is 0 Å². The third-order valence-corrected chi connectivity index (χ3v) is 4.72. The number of hydrogen-bond donors (Lipinski definition) is 1. The number of anilines is 1. The summed E-state index contributed by atoms with van der Waals surface area (Å²) in [5.74, 6) is -1.07. The molecule has 0 aliphatic heterocycles. The van der Waals surface area contributed by atoms with Gasteiger partial charge in [-0.3, -0.25) is 0 Å². The lowest BCUT2D eigenvalue weighted by Gasteiger charge is -2.21. The van der Waals surface area contributed by atoms with Crippen molar-refractivity contribution in [3.8, 4) is 5.69 Å². The molecular formula is C20H26ClN3O4. The number of hydrogen-bond acceptors (Lipinski definition) is 5. The summed E-state index contributed by atoms with van der Waals surface area (Å²) in [6.45, 7) is 9.49. The number of carboxylic acid groups (broad SMARTS) is 1. The van der Waals surface area contributed by atoms with Crippen LogP contribution >= 0.6 is 11.6 Å². The van der Waals surface area contributed by atoms with Gasteiger partial charge in [0, 0.05) is 13.1 Å². The van der Waals surface area contributed by atoms with Gasteiger partial charge in [0.25, 0.3) is 0 Å². The maximum absolute atomic E-state index is 12.5. The van der Waals surface area contributed by atoms with Crippen LogP contribution in [0.5, 0.6) is 0 Å². The molecule has 0 bridgehead atoms. The summed E-state index contributed by atoms with van der Waals surface area (Å²) in [5, 5.41) is 14.4. The first kappa shape index (κ1) is 21.8. The summed E-state index contributed by atoms with van der Waals surface area (Å²) in [6, 6.07) is 4.30. The minimum Gasteiger partial charge on any atom is -0.478 e. The van der Waals surface area contributed by atoms with Crippen LogP contribution in [-0.4, -0.2) is 46.5 Å². The second-order valence-corrected chi connectivity index (χ2v) is 6.76. The Morgan fingerprint density at radius 1 is 1.21 bits per heavy atom. The van der Waals surface area contributed by atoms with E-state index in [1.165, 1.54) is 12.1 Å². The van der Waals surface area contributed by atoms with Gasteiger partial charge in [-0.25, -0.2) is 14.3 Å². The van der Waals surface area contributed by atoms with Crippen molar-refractivity contribution in [2.75, 3.05) is 24.6 Å². The maximum Gasteiger partial charge on any atom is 0.340 e. The lowest BCUT2D eigenvalue weighted by atomic mass is 10.1. The second-order valence-electron chi connectivity index (χ2n) is 6.38. The molecular weight excluding hydrogens is 382 g/mol. The van der Waals surface area contributed by atoms with Crippen molar-refractivity contribution in [3.05, 3.63) is 40.0 Å². The largest absolute Gasteiger partial charge is 0.478 e. The molecule has 8 heteroatoms. The zero-order valence-electron chi connectivity index (χ0n) is 16.7.